The highest BCUT2D eigenvalue weighted by Gasteiger charge is 2.27. The van der Waals surface area contributed by atoms with Crippen LogP contribution in [0.2, 0.25) is 0 Å². The van der Waals surface area contributed by atoms with Gasteiger partial charge in [-0.05, 0) is 49.7 Å². The van der Waals surface area contributed by atoms with Crippen molar-refractivity contribution in [3.8, 4) is 0 Å². The monoisotopic (exact) mass is 331 g/mol. The summed E-state index contributed by atoms with van der Waals surface area (Å²) >= 11 is 0. The van der Waals surface area contributed by atoms with Gasteiger partial charge in [-0.2, -0.15) is 0 Å². The zero-order valence-corrected chi connectivity index (χ0v) is 13.6. The molecule has 0 saturated heterocycles. The molecule has 118 valence electrons. The quantitative estimate of drug-likeness (QED) is 0.891. The highest BCUT2D eigenvalue weighted by Crippen LogP contribution is 2.24. The van der Waals surface area contributed by atoms with Crippen molar-refractivity contribution in [1.29, 1.82) is 0 Å². The fourth-order valence-corrected chi connectivity index (χ4v) is 3.16. The van der Waals surface area contributed by atoms with Crippen molar-refractivity contribution in [2.24, 2.45) is 11.7 Å². The largest absolute Gasteiger partial charge is 0.352 e. The van der Waals surface area contributed by atoms with Crippen LogP contribution in [0, 0.1) is 5.92 Å². The number of nitrogens with one attached hydrogen (secondary N) is 1. The van der Waals surface area contributed by atoms with Gasteiger partial charge in [0.15, 0.2) is 0 Å². The summed E-state index contributed by atoms with van der Waals surface area (Å²) in [5.74, 6) is 0.255. The Labute approximate surface area is 138 Å². The normalized spacial score (nSPS) is 22.9. The van der Waals surface area contributed by atoms with Gasteiger partial charge in [0.2, 0.25) is 5.91 Å². The van der Waals surface area contributed by atoms with Crippen LogP contribution in [0.4, 0.5) is 0 Å². The molecule has 0 aliphatic heterocycles. The molecule has 0 bridgehead atoms. The Hall–Kier alpha value is -0.840. The highest BCUT2D eigenvalue weighted by molar-refractivity contribution is 5.85. The molecule has 0 radical (unpaired) electrons. The van der Waals surface area contributed by atoms with Crippen LogP contribution in [0.1, 0.15) is 42.5 Å². The fourth-order valence-electron chi connectivity index (χ4n) is 3.16. The molecule has 0 unspecified atom stereocenters. The van der Waals surface area contributed by atoms with Gasteiger partial charge in [0.25, 0.3) is 0 Å². The molecule has 1 fully saturated rings. The Balaban J connectivity index is 0.00000110. The SMILES string of the molecule is Cl.Cl.N[C@@H]1CC[C@H](C(=O)NCc2cnc3c(c2)CCC3)C1. The van der Waals surface area contributed by atoms with Gasteiger partial charge in [0.1, 0.15) is 0 Å². The predicted molar refractivity (Wildman–Crippen MR) is 87.9 cm³/mol. The van der Waals surface area contributed by atoms with Crippen LogP contribution < -0.4 is 11.1 Å². The van der Waals surface area contributed by atoms with E-state index in [0.29, 0.717) is 6.54 Å². The molecule has 1 saturated carbocycles. The Bertz CT molecular complexity index is 496. The minimum absolute atomic E-state index is 0. The van der Waals surface area contributed by atoms with E-state index >= 15 is 0 Å². The van der Waals surface area contributed by atoms with Gasteiger partial charge in [-0.25, -0.2) is 0 Å². The number of aromatic nitrogens is 1. The number of carbonyl (C=O) groups is 1. The topological polar surface area (TPSA) is 68.0 Å². The van der Waals surface area contributed by atoms with Crippen molar-refractivity contribution in [2.75, 3.05) is 0 Å². The fraction of sp³-hybridized carbons (Fsp3) is 0.600. The minimum atomic E-state index is 0. The Kier molecular flexibility index (Phi) is 6.91. The summed E-state index contributed by atoms with van der Waals surface area (Å²) in [6, 6.07) is 2.40. The van der Waals surface area contributed by atoms with E-state index in [0.717, 1.165) is 37.7 Å². The summed E-state index contributed by atoms with van der Waals surface area (Å²) < 4.78 is 0. The van der Waals surface area contributed by atoms with E-state index in [-0.39, 0.29) is 42.7 Å². The first-order valence-electron chi connectivity index (χ1n) is 7.22. The Morgan fingerprint density at radius 2 is 2.14 bits per heavy atom. The zero-order valence-electron chi connectivity index (χ0n) is 12.0. The van der Waals surface area contributed by atoms with Crippen molar-refractivity contribution in [3.05, 3.63) is 29.1 Å². The molecule has 1 amide bonds. The molecule has 1 heterocycles. The maximum Gasteiger partial charge on any atom is 0.223 e. The molecule has 1 aromatic rings. The van der Waals surface area contributed by atoms with E-state index in [4.69, 9.17) is 5.73 Å². The molecule has 3 rings (SSSR count). The van der Waals surface area contributed by atoms with Gasteiger partial charge < -0.3 is 11.1 Å². The first-order chi connectivity index (χ1) is 9.22. The van der Waals surface area contributed by atoms with Crippen molar-refractivity contribution >= 4 is 30.7 Å². The van der Waals surface area contributed by atoms with Crippen LogP contribution in [0.25, 0.3) is 0 Å². The van der Waals surface area contributed by atoms with Crippen LogP contribution in [-0.4, -0.2) is 16.9 Å². The van der Waals surface area contributed by atoms with Gasteiger partial charge >= 0.3 is 0 Å². The molecular weight excluding hydrogens is 309 g/mol. The van der Waals surface area contributed by atoms with E-state index < -0.39 is 0 Å². The standard InChI is InChI=1S/C15H21N3O.2ClH/c16-13-5-4-12(7-13)15(19)18-9-10-6-11-2-1-3-14(11)17-8-10;;/h6,8,12-13H,1-5,7,9,16H2,(H,18,19);2*1H/t12-,13+;;/m0../s1. The second-order valence-electron chi connectivity index (χ2n) is 5.79. The molecule has 0 aromatic carbocycles. The van der Waals surface area contributed by atoms with E-state index in [2.05, 4.69) is 16.4 Å². The number of hydrogen-bond acceptors (Lipinski definition) is 3. The lowest BCUT2D eigenvalue weighted by atomic mass is 10.1. The maximum atomic E-state index is 12.0. The lowest BCUT2D eigenvalue weighted by molar-refractivity contribution is -0.125. The molecule has 2 atom stereocenters. The minimum Gasteiger partial charge on any atom is -0.352 e. The predicted octanol–water partition coefficient (Wildman–Crippen LogP) is 2.16. The van der Waals surface area contributed by atoms with E-state index in [1.165, 1.54) is 17.7 Å². The number of nitrogens with zero attached hydrogens (tertiary/aromatic N) is 1. The van der Waals surface area contributed by atoms with Crippen LogP contribution in [0.5, 0.6) is 0 Å². The molecule has 3 N–H and O–H groups in total. The number of amides is 1. The summed E-state index contributed by atoms with van der Waals surface area (Å²) in [5.41, 5.74) is 9.54. The highest BCUT2D eigenvalue weighted by atomic mass is 35.5. The number of nitrogens with two attached hydrogens (primary N) is 1. The zero-order chi connectivity index (χ0) is 13.2. The number of pyridine rings is 1. The van der Waals surface area contributed by atoms with Gasteiger partial charge in [-0.3, -0.25) is 9.78 Å². The number of hydrogen-bond donors (Lipinski definition) is 2. The molecule has 2 aliphatic rings. The van der Waals surface area contributed by atoms with Crippen LogP contribution in [0.3, 0.4) is 0 Å². The lowest BCUT2D eigenvalue weighted by Gasteiger charge is -2.11. The molecule has 1 aromatic heterocycles. The van der Waals surface area contributed by atoms with Crippen molar-refractivity contribution in [1.82, 2.24) is 10.3 Å². The molecule has 6 heteroatoms. The van der Waals surface area contributed by atoms with E-state index in [9.17, 15) is 4.79 Å². The average Bonchev–Trinajstić information content (AvgIpc) is 3.03. The summed E-state index contributed by atoms with van der Waals surface area (Å²) in [5, 5.41) is 3.02. The second-order valence-corrected chi connectivity index (χ2v) is 5.79. The van der Waals surface area contributed by atoms with E-state index in [1.54, 1.807) is 0 Å². The molecule has 2 aliphatic carbocycles. The maximum absolute atomic E-state index is 12.0. The number of carbonyl (C=O) groups excluding carboxylic acids is 1. The number of rotatable bonds is 3. The summed E-state index contributed by atoms with van der Waals surface area (Å²) in [6.45, 7) is 0.588. The Morgan fingerprint density at radius 3 is 2.86 bits per heavy atom. The third kappa shape index (κ3) is 4.31. The summed E-state index contributed by atoms with van der Waals surface area (Å²) in [7, 11) is 0. The van der Waals surface area contributed by atoms with E-state index in [1.807, 2.05) is 6.20 Å². The van der Waals surface area contributed by atoms with Gasteiger partial charge in [0, 0.05) is 30.4 Å². The molecule has 0 spiro atoms. The van der Waals surface area contributed by atoms with Crippen molar-refractivity contribution in [3.63, 3.8) is 0 Å². The van der Waals surface area contributed by atoms with Gasteiger partial charge in [-0.15, -0.1) is 24.8 Å². The molecule has 4 nitrogen and oxygen atoms in total. The third-order valence-electron chi connectivity index (χ3n) is 4.29. The summed E-state index contributed by atoms with van der Waals surface area (Å²) in [4.78, 5) is 16.5. The number of aryl methyl sites for hydroxylation is 2. The van der Waals surface area contributed by atoms with Crippen molar-refractivity contribution < 1.29 is 4.79 Å². The molecule has 21 heavy (non-hydrogen) atoms. The first kappa shape index (κ1) is 18.2. The van der Waals surface area contributed by atoms with Crippen molar-refractivity contribution in [2.45, 2.75) is 51.1 Å². The van der Waals surface area contributed by atoms with Gasteiger partial charge in [-0.1, -0.05) is 6.07 Å². The summed E-state index contributed by atoms with van der Waals surface area (Å²) in [6.07, 6.45) is 8.05. The number of halogens is 2. The van der Waals surface area contributed by atoms with Crippen LogP contribution in [-0.2, 0) is 24.2 Å². The third-order valence-corrected chi connectivity index (χ3v) is 4.29. The lowest BCUT2D eigenvalue weighted by Crippen LogP contribution is -2.30. The number of fused-ring (bicyclic) bond motifs is 1. The van der Waals surface area contributed by atoms with Crippen LogP contribution in [0.15, 0.2) is 12.3 Å². The Morgan fingerprint density at radius 1 is 1.33 bits per heavy atom. The molecular formula is C15H23Cl2N3O. The van der Waals surface area contributed by atoms with Gasteiger partial charge in [0.05, 0.1) is 0 Å². The first-order valence-corrected chi connectivity index (χ1v) is 7.22. The second kappa shape index (κ2) is 7.97. The average molecular weight is 332 g/mol. The van der Waals surface area contributed by atoms with Crippen LogP contribution >= 0.6 is 24.8 Å². The smallest absolute Gasteiger partial charge is 0.223 e.